The molecule has 3 unspecified atom stereocenters. The molecule has 1 saturated heterocycles. The third-order valence-corrected chi connectivity index (χ3v) is 8.10. The summed E-state index contributed by atoms with van der Waals surface area (Å²) in [6.07, 6.45) is 4.08. The monoisotopic (exact) mass is 491 g/mol. The summed E-state index contributed by atoms with van der Waals surface area (Å²) in [5.41, 5.74) is 2.10. The first kappa shape index (κ1) is 24.2. The summed E-state index contributed by atoms with van der Waals surface area (Å²) in [6.45, 7) is 2.20. The predicted molar refractivity (Wildman–Crippen MR) is 134 cm³/mol. The van der Waals surface area contributed by atoms with Gasteiger partial charge in [0, 0.05) is 6.54 Å². The maximum absolute atomic E-state index is 13.8. The van der Waals surface area contributed by atoms with E-state index in [1.165, 1.54) is 0 Å². The molecular formula is C28H33N3O5. The Balaban J connectivity index is 1.47. The lowest BCUT2D eigenvalue weighted by Crippen LogP contribution is -2.54. The van der Waals surface area contributed by atoms with Crippen LogP contribution in [0.25, 0.3) is 0 Å². The van der Waals surface area contributed by atoms with Crippen LogP contribution in [0.1, 0.15) is 55.3 Å². The fourth-order valence-corrected chi connectivity index (χ4v) is 6.07. The van der Waals surface area contributed by atoms with Crippen LogP contribution in [0.2, 0.25) is 0 Å². The average molecular weight is 492 g/mol. The summed E-state index contributed by atoms with van der Waals surface area (Å²) < 4.78 is 11.1. The van der Waals surface area contributed by atoms with Gasteiger partial charge in [-0.05, 0) is 54.0 Å². The highest BCUT2D eigenvalue weighted by molar-refractivity contribution is 6.09. The highest BCUT2D eigenvalue weighted by Gasteiger charge is 2.55. The van der Waals surface area contributed by atoms with E-state index in [-0.39, 0.29) is 30.3 Å². The van der Waals surface area contributed by atoms with Crippen molar-refractivity contribution in [3.8, 4) is 11.5 Å². The molecule has 0 radical (unpaired) electrons. The van der Waals surface area contributed by atoms with Crippen molar-refractivity contribution in [3.05, 3.63) is 59.2 Å². The fourth-order valence-electron chi connectivity index (χ4n) is 6.07. The lowest BCUT2D eigenvalue weighted by atomic mass is 9.73. The molecule has 5 rings (SSSR count). The number of urea groups is 1. The van der Waals surface area contributed by atoms with Gasteiger partial charge in [0.1, 0.15) is 12.1 Å². The fraction of sp³-hybridized carbons (Fsp3) is 0.464. The van der Waals surface area contributed by atoms with E-state index in [4.69, 9.17) is 9.47 Å². The van der Waals surface area contributed by atoms with E-state index in [1.807, 2.05) is 49.4 Å². The van der Waals surface area contributed by atoms with Crippen LogP contribution in [0.15, 0.2) is 42.5 Å². The summed E-state index contributed by atoms with van der Waals surface area (Å²) >= 11 is 0. The molecular weight excluding hydrogens is 458 g/mol. The molecule has 4 amide bonds. The van der Waals surface area contributed by atoms with Gasteiger partial charge < -0.3 is 19.7 Å². The second-order valence-electron chi connectivity index (χ2n) is 10.00. The largest absolute Gasteiger partial charge is 0.493 e. The van der Waals surface area contributed by atoms with E-state index in [0.29, 0.717) is 30.9 Å². The van der Waals surface area contributed by atoms with Crippen molar-refractivity contribution < 1.29 is 23.9 Å². The highest BCUT2D eigenvalue weighted by atomic mass is 16.5. The number of amides is 4. The zero-order valence-electron chi connectivity index (χ0n) is 21.1. The molecule has 0 aromatic heterocycles. The van der Waals surface area contributed by atoms with E-state index in [0.717, 1.165) is 40.9 Å². The Morgan fingerprint density at radius 3 is 2.50 bits per heavy atom. The molecule has 3 aliphatic rings. The number of nitrogens with zero attached hydrogens (tertiary/aromatic N) is 2. The van der Waals surface area contributed by atoms with Crippen LogP contribution >= 0.6 is 0 Å². The van der Waals surface area contributed by atoms with Gasteiger partial charge in [-0.1, -0.05) is 50.1 Å². The van der Waals surface area contributed by atoms with E-state index in [9.17, 15) is 14.4 Å². The number of imide groups is 1. The zero-order chi connectivity index (χ0) is 25.4. The molecule has 190 valence electrons. The minimum atomic E-state index is -0.882. The Bertz CT molecular complexity index is 1180. The van der Waals surface area contributed by atoms with Gasteiger partial charge in [-0.25, -0.2) is 4.79 Å². The van der Waals surface area contributed by atoms with Gasteiger partial charge in [-0.15, -0.1) is 0 Å². The molecule has 36 heavy (non-hydrogen) atoms. The smallest absolute Gasteiger partial charge is 0.325 e. The maximum atomic E-state index is 13.8. The van der Waals surface area contributed by atoms with Gasteiger partial charge in [0.25, 0.3) is 5.91 Å². The summed E-state index contributed by atoms with van der Waals surface area (Å²) in [5.74, 6) is 0.758. The highest BCUT2D eigenvalue weighted by Crippen LogP contribution is 2.42. The molecule has 2 aromatic carbocycles. The third kappa shape index (κ3) is 3.88. The minimum absolute atomic E-state index is 0.0455. The Hall–Kier alpha value is -3.55. The molecule has 1 N–H and O–H groups in total. The number of carbonyl (C=O) groups is 3. The van der Waals surface area contributed by atoms with Gasteiger partial charge >= 0.3 is 6.03 Å². The molecule has 1 spiro atoms. The van der Waals surface area contributed by atoms with Crippen molar-refractivity contribution in [2.75, 3.05) is 27.3 Å². The Morgan fingerprint density at radius 2 is 1.81 bits per heavy atom. The molecule has 2 aromatic rings. The number of fused-ring (bicyclic) bond motifs is 1. The zero-order valence-corrected chi connectivity index (χ0v) is 21.1. The summed E-state index contributed by atoms with van der Waals surface area (Å²) in [4.78, 5) is 43.0. The van der Waals surface area contributed by atoms with Gasteiger partial charge in [-0.3, -0.25) is 14.5 Å². The van der Waals surface area contributed by atoms with Gasteiger partial charge in [0.2, 0.25) is 5.91 Å². The number of ether oxygens (including phenoxy) is 2. The Labute approximate surface area is 211 Å². The average Bonchev–Trinajstić information content (AvgIpc) is 3.13. The van der Waals surface area contributed by atoms with E-state index in [1.54, 1.807) is 19.1 Å². The number of carbonyl (C=O) groups excluding carboxylic acids is 3. The first-order valence-electron chi connectivity index (χ1n) is 12.6. The summed E-state index contributed by atoms with van der Waals surface area (Å²) in [6, 6.07) is 12.9. The molecule has 1 aliphatic carbocycles. The van der Waals surface area contributed by atoms with Crippen molar-refractivity contribution in [1.29, 1.82) is 0 Å². The molecule has 3 atom stereocenters. The first-order chi connectivity index (χ1) is 17.4. The topological polar surface area (TPSA) is 88.2 Å². The van der Waals surface area contributed by atoms with Crippen LogP contribution in [0, 0.1) is 5.92 Å². The van der Waals surface area contributed by atoms with Crippen molar-refractivity contribution in [2.24, 2.45) is 5.92 Å². The minimum Gasteiger partial charge on any atom is -0.493 e. The van der Waals surface area contributed by atoms with Crippen LogP contribution in [0.3, 0.4) is 0 Å². The van der Waals surface area contributed by atoms with Crippen LogP contribution < -0.4 is 14.8 Å². The Morgan fingerprint density at radius 1 is 1.08 bits per heavy atom. The van der Waals surface area contributed by atoms with Gasteiger partial charge in [0.15, 0.2) is 11.5 Å². The number of hydrogen-bond donors (Lipinski definition) is 1. The lowest BCUT2D eigenvalue weighted by molar-refractivity contribution is -0.141. The van der Waals surface area contributed by atoms with Gasteiger partial charge in [0.05, 0.1) is 20.3 Å². The van der Waals surface area contributed by atoms with Crippen LogP contribution in [0.4, 0.5) is 4.79 Å². The summed E-state index contributed by atoms with van der Waals surface area (Å²) in [5, 5.41) is 2.95. The maximum Gasteiger partial charge on any atom is 0.325 e. The van der Waals surface area contributed by atoms with Gasteiger partial charge in [-0.2, -0.15) is 0 Å². The van der Waals surface area contributed by atoms with Crippen molar-refractivity contribution in [2.45, 2.75) is 50.6 Å². The van der Waals surface area contributed by atoms with Crippen molar-refractivity contribution >= 4 is 17.8 Å². The number of rotatable bonds is 5. The second-order valence-corrected chi connectivity index (χ2v) is 10.00. The molecule has 8 heteroatoms. The predicted octanol–water partition coefficient (Wildman–Crippen LogP) is 3.68. The van der Waals surface area contributed by atoms with E-state index >= 15 is 0 Å². The van der Waals surface area contributed by atoms with E-state index in [2.05, 4.69) is 5.32 Å². The van der Waals surface area contributed by atoms with Crippen LogP contribution in [0.5, 0.6) is 11.5 Å². The number of methoxy groups -OCH3 is 2. The molecule has 2 heterocycles. The standard InChI is InChI=1S/C28H33N3O5/c1-18-9-7-8-13-28(18)26(33)31(27(34)29-28)17-24(32)30-14-12-20-15-22(35-2)23(36-3)16-21(20)25(30)19-10-5-4-6-11-19/h4-6,10-11,15-16,18,25H,7-9,12-14,17H2,1-3H3,(H,29,34). The summed E-state index contributed by atoms with van der Waals surface area (Å²) in [7, 11) is 3.20. The van der Waals surface area contributed by atoms with Crippen LogP contribution in [-0.2, 0) is 16.0 Å². The van der Waals surface area contributed by atoms with E-state index < -0.39 is 11.6 Å². The molecule has 2 aliphatic heterocycles. The second kappa shape index (κ2) is 9.48. The molecule has 8 nitrogen and oxygen atoms in total. The van der Waals surface area contributed by atoms with Crippen molar-refractivity contribution in [3.63, 3.8) is 0 Å². The quantitative estimate of drug-likeness (QED) is 0.645. The lowest BCUT2D eigenvalue weighted by Gasteiger charge is -2.39. The SMILES string of the molecule is COc1cc2c(cc1OC)C(c1ccccc1)N(C(=O)CN1C(=O)NC3(CCCCC3C)C1=O)CC2. The first-order valence-corrected chi connectivity index (χ1v) is 12.6. The number of nitrogens with one attached hydrogen (secondary N) is 1. The molecule has 0 bridgehead atoms. The van der Waals surface area contributed by atoms with Crippen LogP contribution in [-0.4, -0.2) is 60.5 Å². The molecule has 1 saturated carbocycles. The Kier molecular flexibility index (Phi) is 6.36. The third-order valence-electron chi connectivity index (χ3n) is 8.10. The number of benzene rings is 2. The normalized spacial score (nSPS) is 25.5. The molecule has 2 fully saturated rings. The van der Waals surface area contributed by atoms with Crippen molar-refractivity contribution in [1.82, 2.24) is 15.1 Å². The number of hydrogen-bond acceptors (Lipinski definition) is 5.